The minimum atomic E-state index is -4.63. The Morgan fingerprint density at radius 1 is 1.19 bits per heavy atom. The van der Waals surface area contributed by atoms with Gasteiger partial charge in [0.05, 0.1) is 5.56 Å². The van der Waals surface area contributed by atoms with E-state index in [0.717, 1.165) is 12.1 Å². The highest BCUT2D eigenvalue weighted by Crippen LogP contribution is 2.31. The third kappa shape index (κ3) is 4.13. The Hall–Kier alpha value is -3.23. The first-order valence-electron chi connectivity index (χ1n) is 7.81. The molecule has 0 spiro atoms. The number of pyridine rings is 1. The van der Waals surface area contributed by atoms with Gasteiger partial charge in [-0.25, -0.2) is 14.1 Å². The van der Waals surface area contributed by atoms with E-state index in [-0.39, 0.29) is 17.7 Å². The van der Waals surface area contributed by atoms with Gasteiger partial charge < -0.3 is 5.73 Å². The van der Waals surface area contributed by atoms with E-state index in [2.05, 4.69) is 10.1 Å². The first-order valence-corrected chi connectivity index (χ1v) is 7.81. The number of carbonyl (C=O) groups is 1. The number of halogens is 4. The van der Waals surface area contributed by atoms with Gasteiger partial charge in [-0.2, -0.15) is 18.3 Å². The average molecular weight is 378 g/mol. The molecular formula is C18H14F4N4O. The molecule has 2 heterocycles. The number of carbonyl (C=O) groups excluding carboxylic acids is 1. The molecule has 2 aromatic heterocycles. The van der Waals surface area contributed by atoms with E-state index in [0.29, 0.717) is 23.0 Å². The summed E-state index contributed by atoms with van der Waals surface area (Å²) in [6.07, 6.45) is -1.54. The molecule has 0 aliphatic heterocycles. The molecule has 0 saturated carbocycles. The van der Waals surface area contributed by atoms with E-state index >= 15 is 0 Å². The minimum Gasteiger partial charge on any atom is -0.364 e. The fourth-order valence-corrected chi connectivity index (χ4v) is 2.67. The molecule has 140 valence electrons. The number of rotatable bonds is 4. The first kappa shape index (κ1) is 18.6. The molecule has 0 aliphatic rings. The summed E-state index contributed by atoms with van der Waals surface area (Å²) in [6, 6.07) is 5.62. The van der Waals surface area contributed by atoms with Crippen molar-refractivity contribution in [1.29, 1.82) is 0 Å². The Morgan fingerprint density at radius 2 is 1.93 bits per heavy atom. The quantitative estimate of drug-likeness (QED) is 0.707. The fraction of sp³-hybridized carbons (Fsp3) is 0.167. The highest BCUT2D eigenvalue weighted by molar-refractivity contribution is 5.92. The summed E-state index contributed by atoms with van der Waals surface area (Å²) in [4.78, 5) is 15.5. The third-order valence-corrected chi connectivity index (χ3v) is 3.87. The molecule has 1 amide bonds. The maximum atomic E-state index is 13.6. The Labute approximate surface area is 151 Å². The highest BCUT2D eigenvalue weighted by Gasteiger charge is 2.31. The monoisotopic (exact) mass is 378 g/mol. The van der Waals surface area contributed by atoms with E-state index in [4.69, 9.17) is 5.73 Å². The van der Waals surface area contributed by atoms with Gasteiger partial charge in [0, 0.05) is 18.0 Å². The van der Waals surface area contributed by atoms with Gasteiger partial charge >= 0.3 is 6.18 Å². The van der Waals surface area contributed by atoms with Crippen LogP contribution >= 0.6 is 0 Å². The molecule has 0 atom stereocenters. The van der Waals surface area contributed by atoms with Crippen LogP contribution in [0.3, 0.4) is 0 Å². The zero-order valence-electron chi connectivity index (χ0n) is 14.1. The van der Waals surface area contributed by atoms with Crippen LogP contribution in [0.15, 0.2) is 42.7 Å². The number of hydrogen-bond donors (Lipinski definition) is 1. The lowest BCUT2D eigenvalue weighted by Gasteiger charge is -2.10. The molecule has 3 rings (SSSR count). The molecule has 2 N–H and O–H groups in total. The van der Waals surface area contributed by atoms with Crippen molar-refractivity contribution >= 4 is 5.91 Å². The SMILES string of the molecule is Cc1cn(-c2cc(Cc3cc(F)cc(C(F)(F)F)c3)ccn2)nc1C(N)=O. The van der Waals surface area contributed by atoms with E-state index in [1.54, 1.807) is 25.3 Å². The van der Waals surface area contributed by atoms with Crippen LogP contribution in [0.5, 0.6) is 0 Å². The number of aromatic nitrogens is 3. The van der Waals surface area contributed by atoms with Crippen LogP contribution in [0, 0.1) is 12.7 Å². The number of nitrogens with zero attached hydrogens (tertiary/aromatic N) is 3. The number of aryl methyl sites for hydroxylation is 1. The predicted octanol–water partition coefficient (Wildman–Crippen LogP) is 3.42. The Kier molecular flexibility index (Phi) is 4.69. The number of amides is 1. The second kappa shape index (κ2) is 6.82. The highest BCUT2D eigenvalue weighted by atomic mass is 19.4. The zero-order chi connectivity index (χ0) is 19.8. The largest absolute Gasteiger partial charge is 0.416 e. The van der Waals surface area contributed by atoms with Crippen LogP contribution in [0.2, 0.25) is 0 Å². The number of hydrogen-bond acceptors (Lipinski definition) is 3. The molecule has 0 unspecified atom stereocenters. The van der Waals surface area contributed by atoms with E-state index in [1.807, 2.05) is 0 Å². The van der Waals surface area contributed by atoms with Gasteiger partial charge in [0.2, 0.25) is 0 Å². The molecule has 5 nitrogen and oxygen atoms in total. The summed E-state index contributed by atoms with van der Waals surface area (Å²) < 4.78 is 53.5. The summed E-state index contributed by atoms with van der Waals surface area (Å²) in [7, 11) is 0. The van der Waals surface area contributed by atoms with E-state index < -0.39 is 23.5 Å². The average Bonchev–Trinajstić information content (AvgIpc) is 2.96. The molecular weight excluding hydrogens is 364 g/mol. The predicted molar refractivity (Wildman–Crippen MR) is 88.8 cm³/mol. The maximum absolute atomic E-state index is 13.6. The van der Waals surface area contributed by atoms with Crippen LogP contribution in [0.1, 0.15) is 32.7 Å². The molecule has 0 bridgehead atoms. The lowest BCUT2D eigenvalue weighted by Crippen LogP contribution is -2.13. The fourth-order valence-electron chi connectivity index (χ4n) is 2.67. The molecule has 9 heteroatoms. The van der Waals surface area contributed by atoms with Crippen molar-refractivity contribution in [3.8, 4) is 5.82 Å². The minimum absolute atomic E-state index is 0.0687. The van der Waals surface area contributed by atoms with Crippen LogP contribution < -0.4 is 5.73 Å². The van der Waals surface area contributed by atoms with Crippen LogP contribution in [0.4, 0.5) is 17.6 Å². The third-order valence-electron chi connectivity index (χ3n) is 3.87. The van der Waals surface area contributed by atoms with Crippen molar-refractivity contribution in [2.75, 3.05) is 0 Å². The van der Waals surface area contributed by atoms with Crippen molar-refractivity contribution in [3.05, 3.63) is 76.5 Å². The molecule has 3 aromatic rings. The summed E-state index contributed by atoms with van der Waals surface area (Å²) >= 11 is 0. The molecule has 27 heavy (non-hydrogen) atoms. The molecule has 0 aliphatic carbocycles. The Balaban J connectivity index is 1.92. The summed E-state index contributed by atoms with van der Waals surface area (Å²) in [5.74, 6) is -1.28. The van der Waals surface area contributed by atoms with Crippen molar-refractivity contribution in [1.82, 2.24) is 14.8 Å². The van der Waals surface area contributed by atoms with Crippen LogP contribution in [0.25, 0.3) is 5.82 Å². The number of alkyl halides is 3. The van der Waals surface area contributed by atoms with Crippen LogP contribution in [-0.2, 0) is 12.6 Å². The van der Waals surface area contributed by atoms with Gasteiger partial charge in [-0.3, -0.25) is 4.79 Å². The van der Waals surface area contributed by atoms with Crippen LogP contribution in [-0.4, -0.2) is 20.7 Å². The topological polar surface area (TPSA) is 73.8 Å². The Bertz CT molecular complexity index is 1010. The Morgan fingerprint density at radius 3 is 2.56 bits per heavy atom. The van der Waals surface area contributed by atoms with E-state index in [1.165, 1.54) is 10.9 Å². The lowest BCUT2D eigenvalue weighted by molar-refractivity contribution is -0.137. The number of benzene rings is 1. The maximum Gasteiger partial charge on any atom is 0.416 e. The zero-order valence-corrected chi connectivity index (χ0v) is 14.1. The standard InChI is InChI=1S/C18H14F4N4O/c1-10-9-26(25-16(10)17(23)27)15-7-11(2-3-24-15)4-12-5-13(18(20,21)22)8-14(19)6-12/h2-3,5-9H,4H2,1H3,(H2,23,27). The number of primary amides is 1. The van der Waals surface area contributed by atoms with Crippen molar-refractivity contribution in [2.45, 2.75) is 19.5 Å². The lowest BCUT2D eigenvalue weighted by atomic mass is 10.0. The van der Waals surface area contributed by atoms with Gasteiger partial charge in [-0.15, -0.1) is 0 Å². The second-order valence-electron chi connectivity index (χ2n) is 6.01. The summed E-state index contributed by atoms with van der Waals surface area (Å²) in [5.41, 5.74) is 5.64. The number of nitrogens with two attached hydrogens (primary N) is 1. The van der Waals surface area contributed by atoms with E-state index in [9.17, 15) is 22.4 Å². The smallest absolute Gasteiger partial charge is 0.364 e. The van der Waals surface area contributed by atoms with Gasteiger partial charge in [-0.05, 0) is 54.8 Å². The van der Waals surface area contributed by atoms with Crippen molar-refractivity contribution < 1.29 is 22.4 Å². The summed E-state index contributed by atoms with van der Waals surface area (Å²) in [5, 5.41) is 4.06. The molecule has 1 aromatic carbocycles. The normalized spacial score (nSPS) is 11.6. The summed E-state index contributed by atoms with van der Waals surface area (Å²) in [6.45, 7) is 1.67. The molecule has 0 radical (unpaired) electrons. The van der Waals surface area contributed by atoms with Crippen molar-refractivity contribution in [2.24, 2.45) is 5.73 Å². The van der Waals surface area contributed by atoms with Gasteiger partial charge in [0.15, 0.2) is 11.5 Å². The molecule has 0 saturated heterocycles. The molecule has 0 fully saturated rings. The van der Waals surface area contributed by atoms with Crippen molar-refractivity contribution in [3.63, 3.8) is 0 Å². The van der Waals surface area contributed by atoms with Gasteiger partial charge in [-0.1, -0.05) is 0 Å². The van der Waals surface area contributed by atoms with Gasteiger partial charge in [0.1, 0.15) is 5.82 Å². The van der Waals surface area contributed by atoms with Gasteiger partial charge in [0.25, 0.3) is 5.91 Å². The first-order chi connectivity index (χ1) is 12.6. The second-order valence-corrected chi connectivity index (χ2v) is 6.01.